The minimum atomic E-state index is 0.801. The van der Waals surface area contributed by atoms with Crippen LogP contribution in [0.3, 0.4) is 0 Å². The van der Waals surface area contributed by atoms with Gasteiger partial charge >= 0.3 is 0 Å². The molecule has 132 valence electrons. The number of anilines is 2. The lowest BCUT2D eigenvalue weighted by Crippen LogP contribution is -2.23. The monoisotopic (exact) mass is 462 g/mol. The Morgan fingerprint density at radius 3 is 1.76 bits per heavy atom. The zero-order valence-corrected chi connectivity index (χ0v) is 18.0. The highest BCUT2D eigenvalue weighted by atomic mass is 79.9. The van der Waals surface area contributed by atoms with E-state index in [1.165, 1.54) is 16.8 Å². The van der Waals surface area contributed by atoms with Gasteiger partial charge in [-0.25, -0.2) is 0 Å². The summed E-state index contributed by atoms with van der Waals surface area (Å²) in [6.07, 6.45) is 4.70. The van der Waals surface area contributed by atoms with Gasteiger partial charge in [-0.3, -0.25) is 0 Å². The molecule has 0 unspecified atom stereocenters. The zero-order valence-electron chi connectivity index (χ0n) is 14.8. The normalized spacial score (nSPS) is 10.4. The zero-order chi connectivity index (χ0) is 18.4. The molecule has 4 heteroatoms. The van der Waals surface area contributed by atoms with Gasteiger partial charge < -0.3 is 9.80 Å². The van der Waals surface area contributed by atoms with E-state index < -0.39 is 0 Å². The number of nitrogens with zero attached hydrogens (tertiary/aromatic N) is 2. The first-order valence-electron chi connectivity index (χ1n) is 8.17. The third-order valence-corrected chi connectivity index (χ3v) is 5.51. The molecule has 2 nitrogen and oxygen atoms in total. The molecule has 0 aliphatic carbocycles. The maximum atomic E-state index is 3.84. The minimum absolute atomic E-state index is 0.801. The van der Waals surface area contributed by atoms with E-state index in [-0.39, 0.29) is 0 Å². The maximum Gasteiger partial charge on any atom is 0.0383 e. The SMILES string of the molecule is C=CCN(CC=C)c1ccc(Cc2ccc(N(C)C)cc2Br)c(Br)c1. The molecule has 2 aromatic carbocycles. The lowest BCUT2D eigenvalue weighted by atomic mass is 10.0. The molecular weight excluding hydrogens is 440 g/mol. The second kappa shape index (κ2) is 9.25. The van der Waals surface area contributed by atoms with Crippen molar-refractivity contribution in [3.05, 3.63) is 81.8 Å². The van der Waals surface area contributed by atoms with Crippen LogP contribution in [0.4, 0.5) is 11.4 Å². The van der Waals surface area contributed by atoms with Crippen LogP contribution in [0.25, 0.3) is 0 Å². The van der Waals surface area contributed by atoms with Gasteiger partial charge in [0, 0.05) is 47.5 Å². The fourth-order valence-electron chi connectivity index (χ4n) is 2.64. The van der Waals surface area contributed by atoms with Crippen molar-refractivity contribution in [2.45, 2.75) is 6.42 Å². The molecule has 0 heterocycles. The van der Waals surface area contributed by atoms with Gasteiger partial charge in [0.1, 0.15) is 0 Å². The fraction of sp³-hybridized carbons (Fsp3) is 0.238. The third-order valence-electron chi connectivity index (χ3n) is 4.03. The molecule has 0 radical (unpaired) electrons. The first-order chi connectivity index (χ1) is 12.0. The maximum absolute atomic E-state index is 3.84. The van der Waals surface area contributed by atoms with Crippen LogP contribution in [0.15, 0.2) is 70.7 Å². The first kappa shape index (κ1) is 19.8. The molecule has 0 saturated carbocycles. The van der Waals surface area contributed by atoms with E-state index in [1.807, 2.05) is 12.2 Å². The van der Waals surface area contributed by atoms with Crippen LogP contribution in [0.1, 0.15) is 11.1 Å². The standard InChI is InChI=1S/C21H24Br2N2/c1-5-11-25(12-6-2)19-10-8-17(21(23)15-19)13-16-7-9-18(24(3)4)14-20(16)22/h5-10,14-15H,1-2,11-13H2,3-4H3. The van der Waals surface area contributed by atoms with Gasteiger partial charge in [0.25, 0.3) is 0 Å². The molecule has 0 fully saturated rings. The van der Waals surface area contributed by atoms with Gasteiger partial charge in [-0.15, -0.1) is 13.2 Å². The Hall–Kier alpha value is -1.52. The number of hydrogen-bond acceptors (Lipinski definition) is 2. The van der Waals surface area contributed by atoms with Crippen molar-refractivity contribution >= 4 is 43.2 Å². The second-order valence-electron chi connectivity index (χ2n) is 6.10. The van der Waals surface area contributed by atoms with Crippen molar-refractivity contribution in [2.75, 3.05) is 37.0 Å². The van der Waals surface area contributed by atoms with E-state index in [0.29, 0.717) is 0 Å². The predicted octanol–water partition coefficient (Wildman–Crippen LogP) is 6.05. The summed E-state index contributed by atoms with van der Waals surface area (Å²) >= 11 is 7.44. The summed E-state index contributed by atoms with van der Waals surface area (Å²) in [7, 11) is 4.10. The quantitative estimate of drug-likeness (QED) is 0.440. The molecule has 2 rings (SSSR count). The van der Waals surface area contributed by atoms with E-state index in [0.717, 1.165) is 34.1 Å². The van der Waals surface area contributed by atoms with E-state index in [1.54, 1.807) is 0 Å². The number of halogens is 2. The van der Waals surface area contributed by atoms with Crippen molar-refractivity contribution < 1.29 is 0 Å². The molecule has 0 aromatic heterocycles. The average molecular weight is 464 g/mol. The summed E-state index contributed by atoms with van der Waals surface area (Å²) in [6.45, 7) is 9.28. The van der Waals surface area contributed by atoms with Crippen LogP contribution in [-0.4, -0.2) is 27.2 Å². The molecule has 0 atom stereocenters. The number of rotatable bonds is 8. The molecule has 0 amide bonds. The molecule has 0 bridgehead atoms. The lowest BCUT2D eigenvalue weighted by molar-refractivity contribution is 0.954. The van der Waals surface area contributed by atoms with Crippen LogP contribution in [0.5, 0.6) is 0 Å². The van der Waals surface area contributed by atoms with E-state index in [2.05, 4.69) is 105 Å². The highest BCUT2D eigenvalue weighted by molar-refractivity contribution is 9.10. The van der Waals surface area contributed by atoms with Crippen LogP contribution < -0.4 is 9.80 Å². The molecule has 25 heavy (non-hydrogen) atoms. The molecule has 0 aliphatic rings. The minimum Gasteiger partial charge on any atom is -0.378 e. The third kappa shape index (κ3) is 5.23. The summed E-state index contributed by atoms with van der Waals surface area (Å²) in [4.78, 5) is 4.34. The molecular formula is C21H24Br2N2. The van der Waals surface area contributed by atoms with Crippen LogP contribution in [-0.2, 0) is 6.42 Å². The summed E-state index contributed by atoms with van der Waals surface area (Å²) in [5.74, 6) is 0. The van der Waals surface area contributed by atoms with Gasteiger partial charge in [0.2, 0.25) is 0 Å². The first-order valence-corrected chi connectivity index (χ1v) is 9.75. The summed E-state index contributed by atoms with van der Waals surface area (Å²) < 4.78 is 2.25. The summed E-state index contributed by atoms with van der Waals surface area (Å²) in [5.41, 5.74) is 4.89. The van der Waals surface area contributed by atoms with Crippen molar-refractivity contribution in [1.82, 2.24) is 0 Å². The average Bonchev–Trinajstić information content (AvgIpc) is 2.58. The molecule has 0 saturated heterocycles. The Morgan fingerprint density at radius 1 is 0.840 bits per heavy atom. The Bertz CT molecular complexity index is 744. The van der Waals surface area contributed by atoms with Gasteiger partial charge in [-0.2, -0.15) is 0 Å². The largest absolute Gasteiger partial charge is 0.378 e. The lowest BCUT2D eigenvalue weighted by Gasteiger charge is -2.22. The Morgan fingerprint density at radius 2 is 1.32 bits per heavy atom. The van der Waals surface area contributed by atoms with Crippen LogP contribution in [0.2, 0.25) is 0 Å². The van der Waals surface area contributed by atoms with Crippen LogP contribution in [0, 0.1) is 0 Å². The molecule has 0 spiro atoms. The highest BCUT2D eigenvalue weighted by Gasteiger charge is 2.10. The molecule has 0 N–H and O–H groups in total. The Labute approximate surface area is 168 Å². The van der Waals surface area contributed by atoms with Gasteiger partial charge in [-0.1, -0.05) is 56.1 Å². The predicted molar refractivity (Wildman–Crippen MR) is 118 cm³/mol. The van der Waals surface area contributed by atoms with Crippen molar-refractivity contribution in [3.63, 3.8) is 0 Å². The molecule has 2 aromatic rings. The van der Waals surface area contributed by atoms with E-state index in [9.17, 15) is 0 Å². The fourth-order valence-corrected chi connectivity index (χ4v) is 3.65. The Balaban J connectivity index is 2.23. The Kier molecular flexibility index (Phi) is 7.33. The van der Waals surface area contributed by atoms with Gasteiger partial charge in [0.05, 0.1) is 0 Å². The summed E-state index contributed by atoms with van der Waals surface area (Å²) in [6, 6.07) is 13.0. The van der Waals surface area contributed by atoms with Crippen molar-refractivity contribution in [3.8, 4) is 0 Å². The van der Waals surface area contributed by atoms with Crippen molar-refractivity contribution in [1.29, 1.82) is 0 Å². The van der Waals surface area contributed by atoms with Gasteiger partial charge in [0.15, 0.2) is 0 Å². The van der Waals surface area contributed by atoms with Crippen molar-refractivity contribution in [2.24, 2.45) is 0 Å². The van der Waals surface area contributed by atoms with Gasteiger partial charge in [-0.05, 0) is 41.8 Å². The summed E-state index contributed by atoms with van der Waals surface area (Å²) in [5, 5.41) is 0. The second-order valence-corrected chi connectivity index (χ2v) is 7.81. The number of benzene rings is 2. The van der Waals surface area contributed by atoms with Crippen LogP contribution >= 0.6 is 31.9 Å². The molecule has 0 aliphatic heterocycles. The van der Waals surface area contributed by atoms with E-state index >= 15 is 0 Å². The smallest absolute Gasteiger partial charge is 0.0383 e. The number of hydrogen-bond donors (Lipinski definition) is 0. The highest BCUT2D eigenvalue weighted by Crippen LogP contribution is 2.30. The topological polar surface area (TPSA) is 6.48 Å². The van der Waals surface area contributed by atoms with E-state index in [4.69, 9.17) is 0 Å².